The Kier molecular flexibility index (Phi) is 3.71. The Labute approximate surface area is 165 Å². The molecule has 2 N–H and O–H groups in total. The van der Waals surface area contributed by atoms with E-state index >= 15 is 4.48 Å². The van der Waals surface area contributed by atoms with Crippen LogP contribution in [0.5, 0.6) is 11.5 Å². The Balaban J connectivity index is 1.82. The molecule has 1 amide bonds. The fourth-order valence-electron chi connectivity index (χ4n) is 4.07. The highest BCUT2D eigenvalue weighted by Gasteiger charge is 2.62. The van der Waals surface area contributed by atoms with Gasteiger partial charge in [-0.15, -0.1) is 4.48 Å². The lowest BCUT2D eigenvalue weighted by Crippen LogP contribution is -2.48. The Morgan fingerprint density at radius 2 is 1.86 bits per heavy atom. The second-order valence-electron chi connectivity index (χ2n) is 7.00. The molecule has 2 aliphatic heterocycles. The smallest absolute Gasteiger partial charge is 0.257 e. The predicted octanol–water partition coefficient (Wildman–Crippen LogP) is 3.14. The number of carbonyl (C=O) groups is 1. The van der Waals surface area contributed by atoms with Gasteiger partial charge in [0.15, 0.2) is 11.8 Å². The van der Waals surface area contributed by atoms with Crippen molar-refractivity contribution in [2.45, 2.75) is 11.8 Å². The second-order valence-corrected chi connectivity index (χ2v) is 7.00. The fraction of sp³-hybridized carbons (Fsp3) is 0.143. The highest BCUT2D eigenvalue weighted by Crippen LogP contribution is 2.54. The molecule has 29 heavy (non-hydrogen) atoms. The number of hydrogen-bond acceptors (Lipinski definition) is 5. The van der Waals surface area contributed by atoms with Crippen molar-refractivity contribution in [3.05, 3.63) is 77.9 Å². The highest BCUT2D eigenvalue weighted by atomic mass is 19.2. The molecule has 6 nitrogen and oxygen atoms in total. The number of para-hydroxylation sites is 1. The minimum atomic E-state index is -1.83. The number of hydrogen-bond donors (Lipinski definition) is 1. The molecule has 0 aliphatic carbocycles. The summed E-state index contributed by atoms with van der Waals surface area (Å²) in [5, 5.41) is 0.332. The summed E-state index contributed by atoms with van der Waals surface area (Å²) in [6.07, 6.45) is 0.0656. The van der Waals surface area contributed by atoms with Gasteiger partial charge in [-0.2, -0.15) is 4.39 Å². The topological polar surface area (TPSA) is 71.7 Å². The number of fused-ring (bicyclic) bond motifs is 4. The molecule has 2 aromatic carbocycles. The number of carbonyl (C=O) groups excluding carboxylic acids is 1. The fourth-order valence-corrected chi connectivity index (χ4v) is 4.07. The Bertz CT molecular complexity index is 1160. The van der Waals surface area contributed by atoms with E-state index in [9.17, 15) is 9.18 Å². The number of nitrogens with two attached hydrogens (primary N) is 1. The zero-order valence-electron chi connectivity index (χ0n) is 15.3. The molecule has 1 aromatic heterocycles. The average molecular weight is 394 g/mol. The Morgan fingerprint density at radius 1 is 1.10 bits per heavy atom. The summed E-state index contributed by atoms with van der Waals surface area (Å²) in [6.45, 7) is 0. The first-order valence-electron chi connectivity index (χ1n) is 8.97. The van der Waals surface area contributed by atoms with Crippen LogP contribution in [0.25, 0.3) is 11.1 Å². The van der Waals surface area contributed by atoms with Crippen LogP contribution >= 0.6 is 0 Å². The summed E-state index contributed by atoms with van der Waals surface area (Å²) >= 11 is 0. The molecule has 1 saturated heterocycles. The summed E-state index contributed by atoms with van der Waals surface area (Å²) < 4.78 is 35.8. The molecule has 2 atom stereocenters. The van der Waals surface area contributed by atoms with E-state index < -0.39 is 23.7 Å². The maximum Gasteiger partial charge on any atom is 0.257 e. The number of ether oxygens (including phenoxy) is 1. The van der Waals surface area contributed by atoms with Crippen LogP contribution < -0.4 is 10.5 Å². The van der Waals surface area contributed by atoms with Crippen LogP contribution in [0, 0.1) is 5.95 Å². The van der Waals surface area contributed by atoms with Crippen LogP contribution in [-0.2, 0) is 10.3 Å². The van der Waals surface area contributed by atoms with Crippen molar-refractivity contribution < 1.29 is 18.4 Å². The monoisotopic (exact) mass is 394 g/mol. The molecule has 3 aromatic rings. The van der Waals surface area contributed by atoms with Gasteiger partial charge in [-0.3, -0.25) is 10.5 Å². The predicted molar refractivity (Wildman–Crippen MR) is 101 cm³/mol. The minimum absolute atomic E-state index is 0.234. The van der Waals surface area contributed by atoms with E-state index in [0.717, 1.165) is 4.90 Å². The van der Waals surface area contributed by atoms with Gasteiger partial charge in [0.25, 0.3) is 5.91 Å². The third-order valence-corrected chi connectivity index (χ3v) is 5.52. The molecule has 0 bridgehead atoms. The van der Waals surface area contributed by atoms with Crippen LogP contribution in [0.4, 0.5) is 8.87 Å². The molecule has 0 saturated carbocycles. The number of aromatic nitrogens is 1. The molecule has 3 heterocycles. The molecule has 2 aliphatic rings. The molecular weight excluding hydrogens is 378 g/mol. The molecule has 1 spiro atoms. The molecule has 1 fully saturated rings. The van der Waals surface area contributed by atoms with Gasteiger partial charge in [-0.1, -0.05) is 29.4 Å². The second kappa shape index (κ2) is 6.07. The Hall–Kier alpha value is -3.36. The molecule has 2 unspecified atom stereocenters. The summed E-state index contributed by atoms with van der Waals surface area (Å²) in [5.74, 6) is -0.537. The van der Waals surface area contributed by atoms with Gasteiger partial charge in [-0.25, -0.2) is 4.98 Å². The van der Waals surface area contributed by atoms with Crippen molar-refractivity contribution in [2.75, 3.05) is 7.05 Å². The van der Waals surface area contributed by atoms with E-state index in [1.807, 2.05) is 0 Å². The molecule has 146 valence electrons. The molecule has 0 radical (unpaired) electrons. The van der Waals surface area contributed by atoms with Crippen molar-refractivity contribution in [3.8, 4) is 22.6 Å². The highest BCUT2D eigenvalue weighted by molar-refractivity contribution is 5.96. The quantitative estimate of drug-likeness (QED) is 0.507. The zero-order valence-corrected chi connectivity index (χ0v) is 15.3. The van der Waals surface area contributed by atoms with E-state index in [0.29, 0.717) is 27.7 Å². The molecule has 8 heteroatoms. The van der Waals surface area contributed by atoms with Crippen LogP contribution in [0.1, 0.15) is 11.1 Å². The Morgan fingerprint density at radius 3 is 2.59 bits per heavy atom. The largest absolute Gasteiger partial charge is 0.457 e. The standard InChI is InChI=1S/C21H16F2N4O2/c1-26-19(28)21(27(23)20(26)24)14-6-2-3-7-16(14)29-17-9-8-12(11-15(17)21)13-5-4-10-25-18(13)22/h2-11,20H,24H2,1H3. The van der Waals surface area contributed by atoms with Crippen molar-refractivity contribution in [3.63, 3.8) is 0 Å². The van der Waals surface area contributed by atoms with Crippen molar-refractivity contribution in [1.82, 2.24) is 15.0 Å². The third-order valence-electron chi connectivity index (χ3n) is 5.52. The number of halogens is 2. The van der Waals surface area contributed by atoms with E-state index in [-0.39, 0.29) is 11.1 Å². The van der Waals surface area contributed by atoms with Crippen LogP contribution in [-0.4, -0.2) is 34.3 Å². The van der Waals surface area contributed by atoms with E-state index in [1.165, 1.54) is 13.2 Å². The van der Waals surface area contributed by atoms with E-state index in [4.69, 9.17) is 10.5 Å². The molecular formula is C21H16F2N4O2. The number of pyridine rings is 1. The normalized spacial score (nSPS) is 23.1. The number of benzene rings is 2. The molecule has 5 rings (SSSR count). The van der Waals surface area contributed by atoms with Crippen LogP contribution in [0.3, 0.4) is 0 Å². The summed E-state index contributed by atoms with van der Waals surface area (Å²) in [4.78, 5) is 18.2. The number of rotatable bonds is 1. The zero-order chi connectivity index (χ0) is 20.3. The van der Waals surface area contributed by atoms with Crippen molar-refractivity contribution >= 4 is 5.91 Å². The van der Waals surface area contributed by atoms with Crippen LogP contribution in [0.15, 0.2) is 60.8 Å². The van der Waals surface area contributed by atoms with Gasteiger partial charge in [-0.05, 0) is 35.9 Å². The first-order chi connectivity index (χ1) is 14.0. The lowest BCUT2D eigenvalue weighted by atomic mass is 9.79. The van der Waals surface area contributed by atoms with Gasteiger partial charge in [0, 0.05) is 29.9 Å². The van der Waals surface area contributed by atoms with Gasteiger partial charge in [0.2, 0.25) is 5.95 Å². The van der Waals surface area contributed by atoms with Crippen LogP contribution in [0.2, 0.25) is 0 Å². The number of likely N-dealkylation sites (N-methyl/N-ethyl adjacent to an activating group) is 1. The van der Waals surface area contributed by atoms with Crippen molar-refractivity contribution in [2.24, 2.45) is 5.73 Å². The maximum absolute atomic E-state index is 15.6. The third kappa shape index (κ3) is 2.21. The van der Waals surface area contributed by atoms with E-state index in [1.54, 1.807) is 54.6 Å². The lowest BCUT2D eigenvalue weighted by Gasteiger charge is -2.37. The SMILES string of the molecule is CN1C(=O)C2(c3ccccc3Oc3ccc(-c4cccnc4F)cc32)N(F)C1N. The maximum atomic E-state index is 15.6. The van der Waals surface area contributed by atoms with E-state index in [2.05, 4.69) is 4.98 Å². The summed E-state index contributed by atoms with van der Waals surface area (Å²) in [7, 11) is 1.44. The minimum Gasteiger partial charge on any atom is -0.457 e. The number of amides is 1. The summed E-state index contributed by atoms with van der Waals surface area (Å²) in [5.41, 5.74) is 5.39. The van der Waals surface area contributed by atoms with Gasteiger partial charge in [0.05, 0.1) is 0 Å². The lowest BCUT2D eigenvalue weighted by molar-refractivity contribution is -0.135. The first-order valence-corrected chi connectivity index (χ1v) is 8.97. The average Bonchev–Trinajstić information content (AvgIpc) is 2.90. The van der Waals surface area contributed by atoms with Gasteiger partial charge < -0.3 is 9.64 Å². The summed E-state index contributed by atoms with van der Waals surface area (Å²) in [6, 6.07) is 14.7. The van der Waals surface area contributed by atoms with Gasteiger partial charge in [0.1, 0.15) is 11.5 Å². The number of nitrogens with zero attached hydrogens (tertiary/aromatic N) is 3. The van der Waals surface area contributed by atoms with Gasteiger partial charge >= 0.3 is 0 Å². The first kappa shape index (κ1) is 17.7. The van der Waals surface area contributed by atoms with Crippen molar-refractivity contribution in [1.29, 1.82) is 0 Å².